The second kappa shape index (κ2) is 5.82. The maximum Gasteiger partial charge on any atom is 0.146 e. The number of hydrogen-bond donors (Lipinski definition) is 2. The molecule has 1 aromatic rings. The number of aliphatic hydroxyl groups excluding tert-OH is 1. The van der Waals surface area contributed by atoms with Gasteiger partial charge in [-0.15, -0.1) is 10.2 Å². The molecule has 0 aliphatic heterocycles. The number of aryl methyl sites for hydroxylation is 1. The lowest BCUT2D eigenvalue weighted by atomic mass is 10.1. The summed E-state index contributed by atoms with van der Waals surface area (Å²) in [5.74, 6) is 1.85. The lowest BCUT2D eigenvalue weighted by Crippen LogP contribution is -2.29. The van der Waals surface area contributed by atoms with E-state index < -0.39 is 0 Å². The monoisotopic (exact) mass is 212 g/mol. The molecule has 0 saturated carbocycles. The normalized spacial score (nSPS) is 13.1. The quantitative estimate of drug-likeness (QED) is 0.715. The van der Waals surface area contributed by atoms with Gasteiger partial charge in [-0.05, 0) is 19.8 Å². The summed E-state index contributed by atoms with van der Waals surface area (Å²) in [5.41, 5.74) is 0. The van der Waals surface area contributed by atoms with Gasteiger partial charge in [0.15, 0.2) is 0 Å². The Morgan fingerprint density at radius 2 is 2.20 bits per heavy atom. The number of hydrogen-bond acceptors (Lipinski definition) is 4. The molecule has 1 heterocycles. The highest BCUT2D eigenvalue weighted by Gasteiger charge is 2.08. The molecule has 15 heavy (non-hydrogen) atoms. The van der Waals surface area contributed by atoms with Gasteiger partial charge in [0, 0.05) is 19.7 Å². The van der Waals surface area contributed by atoms with Crippen molar-refractivity contribution in [3.05, 3.63) is 11.6 Å². The molecule has 2 N–H and O–H groups in total. The van der Waals surface area contributed by atoms with Crippen LogP contribution in [-0.4, -0.2) is 32.5 Å². The van der Waals surface area contributed by atoms with Crippen molar-refractivity contribution in [2.24, 2.45) is 7.05 Å². The Balaban J connectivity index is 2.45. The van der Waals surface area contributed by atoms with Gasteiger partial charge < -0.3 is 15.0 Å². The average molecular weight is 212 g/mol. The Kier molecular flexibility index (Phi) is 4.71. The number of nitrogens with zero attached hydrogens (tertiary/aromatic N) is 3. The Morgan fingerprint density at radius 1 is 1.47 bits per heavy atom. The van der Waals surface area contributed by atoms with E-state index in [0.717, 1.165) is 24.5 Å². The van der Waals surface area contributed by atoms with E-state index in [2.05, 4.69) is 22.4 Å². The summed E-state index contributed by atoms with van der Waals surface area (Å²) >= 11 is 0. The van der Waals surface area contributed by atoms with Gasteiger partial charge >= 0.3 is 0 Å². The van der Waals surface area contributed by atoms with Crippen LogP contribution in [0.25, 0.3) is 0 Å². The van der Waals surface area contributed by atoms with Gasteiger partial charge in [-0.3, -0.25) is 0 Å². The second-order valence-electron chi connectivity index (χ2n) is 3.72. The van der Waals surface area contributed by atoms with Crippen LogP contribution in [0, 0.1) is 6.92 Å². The molecule has 1 unspecified atom stereocenters. The van der Waals surface area contributed by atoms with Gasteiger partial charge in [-0.25, -0.2) is 0 Å². The molecular weight excluding hydrogens is 192 g/mol. The van der Waals surface area contributed by atoms with Crippen LogP contribution in [0.4, 0.5) is 0 Å². The Morgan fingerprint density at radius 3 is 2.67 bits per heavy atom. The molecule has 1 rings (SSSR count). The minimum atomic E-state index is 0.226. The fraction of sp³-hybridized carbons (Fsp3) is 0.800. The molecule has 0 amide bonds. The zero-order chi connectivity index (χ0) is 11.3. The largest absolute Gasteiger partial charge is 0.396 e. The lowest BCUT2D eigenvalue weighted by molar-refractivity contribution is 0.261. The van der Waals surface area contributed by atoms with Crippen LogP contribution in [0.2, 0.25) is 0 Å². The van der Waals surface area contributed by atoms with E-state index in [0.29, 0.717) is 12.6 Å². The van der Waals surface area contributed by atoms with Crippen LogP contribution in [0.15, 0.2) is 0 Å². The number of rotatable bonds is 6. The maximum atomic E-state index is 8.85. The van der Waals surface area contributed by atoms with Crippen LogP contribution in [0.1, 0.15) is 31.4 Å². The summed E-state index contributed by atoms with van der Waals surface area (Å²) in [7, 11) is 1.96. The number of nitrogens with one attached hydrogen (secondary N) is 1. The Hall–Kier alpha value is -0.940. The molecule has 0 aliphatic rings. The molecule has 0 aromatic carbocycles. The molecule has 5 nitrogen and oxygen atoms in total. The van der Waals surface area contributed by atoms with Crippen molar-refractivity contribution in [1.29, 1.82) is 0 Å². The molecule has 0 spiro atoms. The molecule has 86 valence electrons. The smallest absolute Gasteiger partial charge is 0.146 e. The third kappa shape index (κ3) is 3.28. The summed E-state index contributed by atoms with van der Waals surface area (Å²) in [4.78, 5) is 0. The zero-order valence-electron chi connectivity index (χ0n) is 9.69. The highest BCUT2D eigenvalue weighted by molar-refractivity contribution is 4.92. The average Bonchev–Trinajstić information content (AvgIpc) is 2.55. The van der Waals surface area contributed by atoms with Gasteiger partial charge in [0.05, 0.1) is 6.54 Å². The van der Waals surface area contributed by atoms with E-state index in [1.165, 1.54) is 0 Å². The van der Waals surface area contributed by atoms with E-state index >= 15 is 0 Å². The molecule has 0 radical (unpaired) electrons. The van der Waals surface area contributed by atoms with Gasteiger partial charge in [-0.2, -0.15) is 0 Å². The third-order valence-electron chi connectivity index (χ3n) is 2.70. The molecule has 5 heteroatoms. The van der Waals surface area contributed by atoms with E-state index in [1.54, 1.807) is 0 Å². The highest BCUT2D eigenvalue weighted by atomic mass is 16.3. The summed E-state index contributed by atoms with van der Waals surface area (Å²) in [6, 6.07) is 0.354. The first kappa shape index (κ1) is 12.1. The molecular formula is C10H20N4O. The minimum absolute atomic E-state index is 0.226. The van der Waals surface area contributed by atoms with Crippen molar-refractivity contribution in [3.8, 4) is 0 Å². The van der Waals surface area contributed by atoms with Crippen molar-refractivity contribution in [1.82, 2.24) is 20.1 Å². The predicted octanol–water partition coefficient (Wildman–Crippen LogP) is 0.374. The fourth-order valence-corrected chi connectivity index (χ4v) is 1.45. The van der Waals surface area contributed by atoms with E-state index in [-0.39, 0.29) is 6.61 Å². The third-order valence-corrected chi connectivity index (χ3v) is 2.70. The van der Waals surface area contributed by atoms with Crippen LogP contribution in [0.3, 0.4) is 0 Å². The first-order chi connectivity index (χ1) is 7.19. The van der Waals surface area contributed by atoms with Crippen LogP contribution >= 0.6 is 0 Å². The summed E-state index contributed by atoms with van der Waals surface area (Å²) < 4.78 is 1.97. The first-order valence-corrected chi connectivity index (χ1v) is 5.38. The number of aromatic nitrogens is 3. The first-order valence-electron chi connectivity index (χ1n) is 5.38. The summed E-state index contributed by atoms with van der Waals surface area (Å²) in [5, 5.41) is 20.3. The van der Waals surface area contributed by atoms with E-state index in [9.17, 15) is 0 Å². The fourth-order valence-electron chi connectivity index (χ4n) is 1.45. The van der Waals surface area contributed by atoms with Crippen molar-refractivity contribution in [2.75, 3.05) is 6.61 Å². The van der Waals surface area contributed by atoms with Crippen molar-refractivity contribution < 1.29 is 5.11 Å². The zero-order valence-corrected chi connectivity index (χ0v) is 9.69. The van der Waals surface area contributed by atoms with E-state index in [4.69, 9.17) is 5.11 Å². The van der Waals surface area contributed by atoms with Gasteiger partial charge in [0.25, 0.3) is 0 Å². The highest BCUT2D eigenvalue weighted by Crippen LogP contribution is 2.01. The van der Waals surface area contributed by atoms with Gasteiger partial charge in [0.2, 0.25) is 0 Å². The van der Waals surface area contributed by atoms with Crippen LogP contribution in [-0.2, 0) is 13.6 Å². The molecule has 0 saturated heterocycles. The second-order valence-corrected chi connectivity index (χ2v) is 3.72. The number of aliphatic hydroxyl groups is 1. The van der Waals surface area contributed by atoms with Crippen LogP contribution in [0.5, 0.6) is 0 Å². The lowest BCUT2D eigenvalue weighted by Gasteiger charge is -2.14. The maximum absolute atomic E-state index is 8.85. The summed E-state index contributed by atoms with van der Waals surface area (Å²) in [6.45, 7) is 4.97. The van der Waals surface area contributed by atoms with Crippen molar-refractivity contribution in [3.63, 3.8) is 0 Å². The molecule has 0 fully saturated rings. The summed E-state index contributed by atoms with van der Waals surface area (Å²) in [6.07, 6.45) is 1.80. The Bertz CT molecular complexity index is 298. The molecule has 0 bridgehead atoms. The van der Waals surface area contributed by atoms with Crippen LogP contribution < -0.4 is 5.32 Å². The Labute approximate surface area is 90.5 Å². The van der Waals surface area contributed by atoms with Gasteiger partial charge in [0.1, 0.15) is 11.6 Å². The van der Waals surface area contributed by atoms with Gasteiger partial charge in [-0.1, -0.05) is 6.92 Å². The molecule has 1 atom stereocenters. The van der Waals surface area contributed by atoms with Crippen molar-refractivity contribution >= 4 is 0 Å². The van der Waals surface area contributed by atoms with Crippen molar-refractivity contribution in [2.45, 2.75) is 39.3 Å². The predicted molar refractivity (Wildman–Crippen MR) is 58.4 cm³/mol. The molecule has 0 aliphatic carbocycles. The van der Waals surface area contributed by atoms with E-state index in [1.807, 2.05) is 18.5 Å². The topological polar surface area (TPSA) is 63.0 Å². The minimum Gasteiger partial charge on any atom is -0.396 e. The standard InChI is InChI=1S/C10H20N4O/c1-4-9(5-6-15)11-7-10-13-12-8(2)14(10)3/h9,11,15H,4-7H2,1-3H3. The molecule has 1 aromatic heterocycles. The SMILES string of the molecule is CCC(CCO)NCc1nnc(C)n1C.